The predicted molar refractivity (Wildman–Crippen MR) is 125 cm³/mol. The van der Waals surface area contributed by atoms with Gasteiger partial charge in [0.05, 0.1) is 0 Å². The first-order valence-corrected chi connectivity index (χ1v) is 10.3. The molecule has 1 unspecified atom stereocenters. The summed E-state index contributed by atoms with van der Waals surface area (Å²) < 4.78 is 0. The van der Waals surface area contributed by atoms with E-state index in [2.05, 4.69) is 58.4 Å². The van der Waals surface area contributed by atoms with Crippen molar-refractivity contribution in [3.8, 4) is 0 Å². The summed E-state index contributed by atoms with van der Waals surface area (Å²) in [4.78, 5) is 10.1. The van der Waals surface area contributed by atoms with Crippen molar-refractivity contribution in [2.75, 3.05) is 39.3 Å². The third-order valence-corrected chi connectivity index (χ3v) is 5.87. The lowest BCUT2D eigenvalue weighted by Gasteiger charge is -2.30. The molecular formula is C22H33IN4. The van der Waals surface area contributed by atoms with Gasteiger partial charge in [0.25, 0.3) is 0 Å². The fourth-order valence-corrected chi connectivity index (χ4v) is 4.20. The summed E-state index contributed by atoms with van der Waals surface area (Å²) in [7, 11) is 0. The van der Waals surface area contributed by atoms with Crippen LogP contribution >= 0.6 is 24.0 Å². The van der Waals surface area contributed by atoms with Crippen LogP contribution in [0, 0.1) is 5.92 Å². The van der Waals surface area contributed by atoms with E-state index in [0.29, 0.717) is 0 Å². The summed E-state index contributed by atoms with van der Waals surface area (Å²) in [5.74, 6) is 1.84. The highest BCUT2D eigenvalue weighted by Crippen LogP contribution is 2.31. The Kier molecular flexibility index (Phi) is 7.58. The van der Waals surface area contributed by atoms with Crippen molar-refractivity contribution < 1.29 is 0 Å². The number of aliphatic imine (C=N–C) groups is 1. The van der Waals surface area contributed by atoms with E-state index >= 15 is 0 Å². The van der Waals surface area contributed by atoms with Gasteiger partial charge in [0.2, 0.25) is 0 Å². The molecule has 0 amide bonds. The standard InChI is InChI=1S/C22H32N4.HI/c1-2-23-22(24-16-18-10-13-26(17-18)21-8-9-21)25-14-11-20(12-15-25)19-6-4-3-5-7-19;/h3-7,11,18,21H,2,8-10,12-17H2,1H3,(H,23,24);1H. The van der Waals surface area contributed by atoms with E-state index < -0.39 is 0 Å². The Bertz CT molecular complexity index is 654. The Labute approximate surface area is 181 Å². The molecule has 1 aliphatic carbocycles. The minimum atomic E-state index is 0. The molecule has 1 aromatic rings. The number of benzene rings is 1. The first kappa shape index (κ1) is 20.6. The topological polar surface area (TPSA) is 30.9 Å². The van der Waals surface area contributed by atoms with Gasteiger partial charge >= 0.3 is 0 Å². The Hall–Kier alpha value is -1.08. The van der Waals surface area contributed by atoms with E-state index in [1.807, 2.05) is 0 Å². The lowest BCUT2D eigenvalue weighted by atomic mass is 10.00. The van der Waals surface area contributed by atoms with Crippen molar-refractivity contribution in [2.45, 2.75) is 38.6 Å². The van der Waals surface area contributed by atoms with E-state index in [1.165, 1.54) is 43.5 Å². The van der Waals surface area contributed by atoms with Crippen molar-refractivity contribution in [1.82, 2.24) is 15.1 Å². The van der Waals surface area contributed by atoms with Gasteiger partial charge in [-0.15, -0.1) is 24.0 Å². The maximum atomic E-state index is 5.01. The summed E-state index contributed by atoms with van der Waals surface area (Å²) in [6.07, 6.45) is 7.62. The van der Waals surface area contributed by atoms with Crippen LogP contribution in [-0.4, -0.2) is 61.1 Å². The summed E-state index contributed by atoms with van der Waals surface area (Å²) in [6, 6.07) is 11.7. The van der Waals surface area contributed by atoms with Gasteiger partial charge in [0, 0.05) is 38.8 Å². The van der Waals surface area contributed by atoms with Crippen LogP contribution in [0.15, 0.2) is 41.4 Å². The predicted octanol–water partition coefficient (Wildman–Crippen LogP) is 3.84. The average Bonchev–Trinajstić information content (AvgIpc) is 3.44. The molecule has 1 atom stereocenters. The van der Waals surface area contributed by atoms with Gasteiger partial charge in [-0.2, -0.15) is 0 Å². The third kappa shape index (κ3) is 5.47. The first-order chi connectivity index (χ1) is 12.8. The molecule has 0 radical (unpaired) electrons. The molecule has 0 aromatic heterocycles. The lowest BCUT2D eigenvalue weighted by molar-refractivity contribution is 0.315. The molecule has 2 aliphatic heterocycles. The molecule has 27 heavy (non-hydrogen) atoms. The number of hydrogen-bond donors (Lipinski definition) is 1. The van der Waals surface area contributed by atoms with Crippen molar-refractivity contribution in [3.63, 3.8) is 0 Å². The smallest absolute Gasteiger partial charge is 0.194 e. The van der Waals surface area contributed by atoms with Gasteiger partial charge in [-0.3, -0.25) is 4.99 Å². The fourth-order valence-electron chi connectivity index (χ4n) is 4.20. The average molecular weight is 480 g/mol. The van der Waals surface area contributed by atoms with Crippen LogP contribution in [-0.2, 0) is 0 Å². The number of hydrogen-bond acceptors (Lipinski definition) is 2. The van der Waals surface area contributed by atoms with Gasteiger partial charge in [0.1, 0.15) is 0 Å². The second-order valence-corrected chi connectivity index (χ2v) is 7.87. The Morgan fingerprint density at radius 2 is 1.96 bits per heavy atom. The van der Waals surface area contributed by atoms with Gasteiger partial charge in [-0.1, -0.05) is 36.4 Å². The minimum absolute atomic E-state index is 0. The Balaban J connectivity index is 0.00000210. The molecule has 3 aliphatic rings. The van der Waals surface area contributed by atoms with Crippen molar-refractivity contribution in [2.24, 2.45) is 10.9 Å². The quantitative estimate of drug-likeness (QED) is 0.395. The molecule has 0 bridgehead atoms. The van der Waals surface area contributed by atoms with E-state index in [9.17, 15) is 0 Å². The number of nitrogens with zero attached hydrogens (tertiary/aromatic N) is 3. The molecule has 2 fully saturated rings. The Morgan fingerprint density at radius 1 is 1.15 bits per heavy atom. The van der Waals surface area contributed by atoms with Gasteiger partial charge in [-0.05, 0) is 56.2 Å². The van der Waals surface area contributed by atoms with Crippen LogP contribution in [0.1, 0.15) is 38.2 Å². The van der Waals surface area contributed by atoms with E-state index in [0.717, 1.165) is 50.5 Å². The second-order valence-electron chi connectivity index (χ2n) is 7.87. The summed E-state index contributed by atoms with van der Waals surface area (Å²) in [5.41, 5.74) is 2.83. The van der Waals surface area contributed by atoms with Crippen LogP contribution in [0.3, 0.4) is 0 Å². The highest BCUT2D eigenvalue weighted by atomic mass is 127. The zero-order valence-electron chi connectivity index (χ0n) is 16.4. The molecule has 4 rings (SSSR count). The highest BCUT2D eigenvalue weighted by Gasteiger charge is 2.34. The second kappa shape index (κ2) is 9.92. The Morgan fingerprint density at radius 3 is 2.63 bits per heavy atom. The largest absolute Gasteiger partial charge is 0.357 e. The van der Waals surface area contributed by atoms with Crippen LogP contribution in [0.2, 0.25) is 0 Å². The highest BCUT2D eigenvalue weighted by molar-refractivity contribution is 14.0. The molecular weight excluding hydrogens is 447 g/mol. The lowest BCUT2D eigenvalue weighted by Crippen LogP contribution is -2.43. The molecule has 5 heteroatoms. The molecule has 1 N–H and O–H groups in total. The monoisotopic (exact) mass is 480 g/mol. The van der Waals surface area contributed by atoms with Crippen LogP contribution in [0.25, 0.3) is 5.57 Å². The third-order valence-electron chi connectivity index (χ3n) is 5.87. The summed E-state index contributed by atoms with van der Waals surface area (Å²) >= 11 is 0. The fraction of sp³-hybridized carbons (Fsp3) is 0.591. The van der Waals surface area contributed by atoms with Crippen LogP contribution < -0.4 is 5.32 Å². The van der Waals surface area contributed by atoms with Gasteiger partial charge in [-0.25, -0.2) is 0 Å². The maximum Gasteiger partial charge on any atom is 0.194 e. The molecule has 1 saturated heterocycles. The number of nitrogens with one attached hydrogen (secondary N) is 1. The number of halogens is 1. The van der Waals surface area contributed by atoms with Crippen LogP contribution in [0.4, 0.5) is 0 Å². The van der Waals surface area contributed by atoms with Crippen molar-refractivity contribution in [1.29, 1.82) is 0 Å². The zero-order chi connectivity index (χ0) is 17.8. The summed E-state index contributed by atoms with van der Waals surface area (Å²) in [6.45, 7) is 8.61. The van der Waals surface area contributed by atoms with Crippen molar-refractivity contribution >= 4 is 35.5 Å². The van der Waals surface area contributed by atoms with E-state index in [1.54, 1.807) is 0 Å². The maximum absolute atomic E-state index is 5.01. The normalized spacial score (nSPS) is 23.7. The SMILES string of the molecule is CCNC(=NCC1CCN(C2CC2)C1)N1CC=C(c2ccccc2)CC1.I. The van der Waals surface area contributed by atoms with Crippen molar-refractivity contribution in [3.05, 3.63) is 42.0 Å². The molecule has 148 valence electrons. The van der Waals surface area contributed by atoms with Crippen LogP contribution in [0.5, 0.6) is 0 Å². The van der Waals surface area contributed by atoms with E-state index in [4.69, 9.17) is 4.99 Å². The molecule has 2 heterocycles. The molecule has 0 spiro atoms. The number of rotatable bonds is 5. The first-order valence-electron chi connectivity index (χ1n) is 10.3. The molecule has 1 saturated carbocycles. The number of guanidine groups is 1. The van der Waals surface area contributed by atoms with Gasteiger partial charge < -0.3 is 15.1 Å². The molecule has 1 aromatic carbocycles. The summed E-state index contributed by atoms with van der Waals surface area (Å²) in [5, 5.41) is 3.51. The number of likely N-dealkylation sites (tertiary alicyclic amines) is 1. The molecule has 4 nitrogen and oxygen atoms in total. The van der Waals surface area contributed by atoms with E-state index in [-0.39, 0.29) is 24.0 Å². The minimum Gasteiger partial charge on any atom is -0.357 e. The van der Waals surface area contributed by atoms with Gasteiger partial charge in [0.15, 0.2) is 5.96 Å². The zero-order valence-corrected chi connectivity index (χ0v) is 18.8.